The molecule has 1 aliphatic rings. The predicted octanol–water partition coefficient (Wildman–Crippen LogP) is -0.271. The van der Waals surface area contributed by atoms with Gasteiger partial charge in [-0.15, -0.1) is 0 Å². The summed E-state index contributed by atoms with van der Waals surface area (Å²) in [5.74, 6) is -0.779. The Hall–Kier alpha value is -3.13. The van der Waals surface area contributed by atoms with E-state index in [1.165, 1.54) is 0 Å². The van der Waals surface area contributed by atoms with E-state index in [1.54, 1.807) is 6.08 Å². The van der Waals surface area contributed by atoms with Gasteiger partial charge in [0.05, 0.1) is 17.7 Å². The molecule has 2 aromatic rings. The Morgan fingerprint density at radius 2 is 2.16 bits per heavy atom. The number of aromatic nitrogens is 2. The highest BCUT2D eigenvalue weighted by atomic mass is 16.5. The normalized spacial score (nSPS) is 15.8. The van der Waals surface area contributed by atoms with E-state index in [0.717, 1.165) is 5.22 Å². The monoisotopic (exact) mass is 342 g/mol. The van der Waals surface area contributed by atoms with Crippen LogP contribution in [0.15, 0.2) is 39.7 Å². The summed E-state index contributed by atoms with van der Waals surface area (Å²) >= 11 is 0. The summed E-state index contributed by atoms with van der Waals surface area (Å²) in [6.07, 6.45) is 1.69. The first-order valence-corrected chi connectivity index (χ1v) is 7.82. The number of allylic oxidation sites excluding steroid dienone is 1. The Labute approximate surface area is 142 Å². The number of carbonyl (C=O) groups is 1. The van der Waals surface area contributed by atoms with Crippen molar-refractivity contribution in [2.24, 2.45) is 10.7 Å². The number of rotatable bonds is 6. The van der Waals surface area contributed by atoms with Crippen molar-refractivity contribution in [3.63, 3.8) is 0 Å². The van der Waals surface area contributed by atoms with Crippen LogP contribution in [0.1, 0.15) is 18.9 Å². The van der Waals surface area contributed by atoms with Crippen molar-refractivity contribution in [2.75, 3.05) is 6.61 Å². The van der Waals surface area contributed by atoms with Gasteiger partial charge in [-0.05, 0) is 24.6 Å². The fourth-order valence-corrected chi connectivity index (χ4v) is 2.68. The van der Waals surface area contributed by atoms with Crippen LogP contribution in [0, 0.1) is 0 Å². The number of nitrogens with zero attached hydrogens (tertiary/aromatic N) is 1. The smallest absolute Gasteiger partial charge is 0.320 e. The number of fused-ring (bicyclic) bond motifs is 1. The van der Waals surface area contributed by atoms with Crippen molar-refractivity contribution in [1.82, 2.24) is 10.2 Å². The van der Waals surface area contributed by atoms with Crippen LogP contribution in [0.4, 0.5) is 0 Å². The van der Waals surface area contributed by atoms with E-state index in [0.29, 0.717) is 34.7 Å². The van der Waals surface area contributed by atoms with Gasteiger partial charge in [0.2, 0.25) is 5.88 Å². The number of hydrogen-bond donors (Lipinski definition) is 4. The summed E-state index contributed by atoms with van der Waals surface area (Å²) in [7, 11) is 0. The number of aromatic amines is 2. The van der Waals surface area contributed by atoms with Crippen molar-refractivity contribution in [2.45, 2.75) is 19.4 Å². The standard InChI is InChI=1S/C17H18N4O4/c1-2-25-16-11(15(22)20-21-16)8-14-10(7-12(18)17(23)24)9-5-3-4-6-13(9)19-14/h3-6,8,12H,2,7,18H2,1H3,(H,23,24)(H2,20,21,22)/b14-8+. The first-order chi connectivity index (χ1) is 12.0. The summed E-state index contributed by atoms with van der Waals surface area (Å²) in [5.41, 5.74) is 6.86. The lowest BCUT2D eigenvalue weighted by atomic mass is 10.0. The minimum atomic E-state index is -1.09. The number of nitrogens with two attached hydrogens (primary N) is 1. The molecule has 1 aromatic heterocycles. The molecule has 0 amide bonds. The van der Waals surface area contributed by atoms with E-state index in [1.807, 2.05) is 31.2 Å². The van der Waals surface area contributed by atoms with Gasteiger partial charge < -0.3 is 15.6 Å². The van der Waals surface area contributed by atoms with Crippen molar-refractivity contribution < 1.29 is 14.6 Å². The summed E-state index contributed by atoms with van der Waals surface area (Å²) in [4.78, 5) is 27.7. The van der Waals surface area contributed by atoms with Gasteiger partial charge in [-0.3, -0.25) is 19.8 Å². The fourth-order valence-electron chi connectivity index (χ4n) is 2.68. The van der Waals surface area contributed by atoms with E-state index < -0.39 is 12.0 Å². The topological polar surface area (TPSA) is 134 Å². The lowest BCUT2D eigenvalue weighted by Gasteiger charge is -2.09. The lowest BCUT2D eigenvalue weighted by Crippen LogP contribution is -2.32. The third kappa shape index (κ3) is 3.24. The predicted molar refractivity (Wildman–Crippen MR) is 91.4 cm³/mol. The van der Waals surface area contributed by atoms with Gasteiger partial charge in [0, 0.05) is 11.6 Å². The maximum absolute atomic E-state index is 12.0. The molecule has 0 bridgehead atoms. The van der Waals surface area contributed by atoms with Crippen LogP contribution in [0.2, 0.25) is 0 Å². The van der Waals surface area contributed by atoms with Crippen LogP contribution < -0.4 is 26.6 Å². The van der Waals surface area contributed by atoms with Crippen LogP contribution in [-0.4, -0.2) is 33.9 Å². The first-order valence-electron chi connectivity index (χ1n) is 7.82. The molecule has 1 unspecified atom stereocenters. The largest absolute Gasteiger partial charge is 0.480 e. The Bertz CT molecular complexity index is 1020. The van der Waals surface area contributed by atoms with Crippen molar-refractivity contribution >= 4 is 17.6 Å². The maximum atomic E-state index is 12.0. The van der Waals surface area contributed by atoms with Crippen LogP contribution in [-0.2, 0) is 4.79 Å². The molecule has 2 heterocycles. The minimum absolute atomic E-state index is 0.105. The average Bonchev–Trinajstić information content (AvgIpc) is 3.10. The molecule has 8 heteroatoms. The van der Waals surface area contributed by atoms with Gasteiger partial charge in [-0.1, -0.05) is 18.2 Å². The number of nitrogens with one attached hydrogen (secondary N) is 2. The van der Waals surface area contributed by atoms with Crippen LogP contribution >= 0.6 is 0 Å². The van der Waals surface area contributed by atoms with Crippen LogP contribution in [0.25, 0.3) is 11.6 Å². The molecular formula is C17H18N4O4. The number of benzene rings is 1. The summed E-state index contributed by atoms with van der Waals surface area (Å²) in [6.45, 7) is 2.20. The molecule has 1 aliphatic heterocycles. The third-order valence-corrected chi connectivity index (χ3v) is 3.87. The SMILES string of the molecule is CCOc1[nH][nH]c(=O)c1/C=C1/N=c2ccccc2=C1CC(N)C(=O)O. The van der Waals surface area contributed by atoms with E-state index in [4.69, 9.17) is 15.6 Å². The molecule has 8 nitrogen and oxygen atoms in total. The van der Waals surface area contributed by atoms with Crippen molar-refractivity contribution in [1.29, 1.82) is 0 Å². The van der Waals surface area contributed by atoms with Crippen LogP contribution in [0.3, 0.4) is 0 Å². The van der Waals surface area contributed by atoms with Gasteiger partial charge in [-0.25, -0.2) is 4.99 Å². The number of aliphatic carboxylic acids is 1. The zero-order chi connectivity index (χ0) is 18.0. The van der Waals surface area contributed by atoms with Crippen molar-refractivity contribution in [3.05, 3.63) is 56.5 Å². The summed E-state index contributed by atoms with van der Waals surface area (Å²) in [5, 5.41) is 15.8. The number of ether oxygens (including phenoxy) is 1. The molecule has 1 aromatic carbocycles. The molecule has 0 fully saturated rings. The maximum Gasteiger partial charge on any atom is 0.320 e. The van der Waals surface area contributed by atoms with Crippen molar-refractivity contribution in [3.8, 4) is 5.88 Å². The summed E-state index contributed by atoms with van der Waals surface area (Å²) < 4.78 is 5.40. The zero-order valence-corrected chi connectivity index (χ0v) is 13.6. The second kappa shape index (κ2) is 6.78. The third-order valence-electron chi connectivity index (χ3n) is 3.87. The van der Waals surface area contributed by atoms with E-state index in [9.17, 15) is 9.59 Å². The van der Waals surface area contributed by atoms with E-state index >= 15 is 0 Å². The number of carboxylic acids is 1. The van der Waals surface area contributed by atoms with Gasteiger partial charge >= 0.3 is 5.97 Å². The molecule has 0 saturated carbocycles. The molecule has 5 N–H and O–H groups in total. The number of H-pyrrole nitrogens is 2. The molecule has 3 rings (SSSR count). The molecular weight excluding hydrogens is 324 g/mol. The molecule has 0 radical (unpaired) electrons. The fraction of sp³-hybridized carbons (Fsp3) is 0.235. The Balaban J connectivity index is 2.13. The quantitative estimate of drug-likeness (QED) is 0.573. The molecule has 1 atom stereocenters. The molecule has 0 spiro atoms. The number of carboxylic acid groups (broad SMARTS) is 1. The highest BCUT2D eigenvalue weighted by Crippen LogP contribution is 2.24. The van der Waals surface area contributed by atoms with Gasteiger partial charge in [0.25, 0.3) is 5.56 Å². The van der Waals surface area contributed by atoms with Gasteiger partial charge in [0.1, 0.15) is 11.6 Å². The van der Waals surface area contributed by atoms with E-state index in [-0.39, 0.29) is 12.0 Å². The molecule has 130 valence electrons. The number of hydrogen-bond acceptors (Lipinski definition) is 5. The molecule has 0 saturated heterocycles. The Morgan fingerprint density at radius 1 is 1.40 bits per heavy atom. The number of para-hydroxylation sites is 1. The molecule has 25 heavy (non-hydrogen) atoms. The highest BCUT2D eigenvalue weighted by molar-refractivity contribution is 5.81. The lowest BCUT2D eigenvalue weighted by molar-refractivity contribution is -0.138. The Kier molecular flexibility index (Phi) is 4.53. The van der Waals surface area contributed by atoms with Gasteiger partial charge in [-0.2, -0.15) is 0 Å². The highest BCUT2D eigenvalue weighted by Gasteiger charge is 2.21. The summed E-state index contributed by atoms with van der Waals surface area (Å²) in [6, 6.07) is 6.31. The average molecular weight is 342 g/mol. The van der Waals surface area contributed by atoms with Gasteiger partial charge in [0.15, 0.2) is 0 Å². The van der Waals surface area contributed by atoms with Crippen LogP contribution in [0.5, 0.6) is 5.88 Å². The molecule has 0 aliphatic carbocycles. The zero-order valence-electron chi connectivity index (χ0n) is 13.6. The second-order valence-corrected chi connectivity index (χ2v) is 5.54. The second-order valence-electron chi connectivity index (χ2n) is 5.54. The Morgan fingerprint density at radius 3 is 2.88 bits per heavy atom. The first kappa shape index (κ1) is 16.7. The minimum Gasteiger partial charge on any atom is -0.480 e. The van der Waals surface area contributed by atoms with E-state index in [2.05, 4.69) is 15.2 Å².